The average Bonchev–Trinajstić information content (AvgIpc) is 3.23. The topological polar surface area (TPSA) is 97.1 Å². The van der Waals surface area contributed by atoms with Crippen LogP contribution in [0, 0.1) is 0 Å². The molecule has 0 aliphatic carbocycles. The van der Waals surface area contributed by atoms with Crippen molar-refractivity contribution in [3.05, 3.63) is 72.6 Å². The van der Waals surface area contributed by atoms with E-state index in [0.717, 1.165) is 5.56 Å². The maximum atomic E-state index is 12.9. The van der Waals surface area contributed by atoms with Gasteiger partial charge in [0, 0.05) is 26.2 Å². The van der Waals surface area contributed by atoms with Gasteiger partial charge in [0.25, 0.3) is 0 Å². The van der Waals surface area contributed by atoms with Gasteiger partial charge in [-0.2, -0.15) is 4.31 Å². The van der Waals surface area contributed by atoms with Gasteiger partial charge < -0.3 is 4.90 Å². The molecule has 3 heterocycles. The Bertz CT molecular complexity index is 1290. The molecule has 1 fully saturated rings. The van der Waals surface area contributed by atoms with E-state index in [1.807, 2.05) is 41.3 Å². The number of piperazine rings is 1. The van der Waals surface area contributed by atoms with Crippen LogP contribution in [0.2, 0.25) is 0 Å². The Balaban J connectivity index is 1.35. The minimum absolute atomic E-state index is 0.316. The van der Waals surface area contributed by atoms with Gasteiger partial charge in [-0.1, -0.05) is 53.7 Å². The van der Waals surface area contributed by atoms with E-state index in [9.17, 15) is 8.42 Å². The summed E-state index contributed by atoms with van der Waals surface area (Å²) < 4.78 is 29.0. The zero-order valence-corrected chi connectivity index (χ0v) is 17.6. The Hall–Kier alpha value is -3.37. The van der Waals surface area contributed by atoms with E-state index < -0.39 is 10.0 Å². The van der Waals surface area contributed by atoms with Gasteiger partial charge in [-0.25, -0.2) is 23.1 Å². The van der Waals surface area contributed by atoms with E-state index >= 15 is 0 Å². The summed E-state index contributed by atoms with van der Waals surface area (Å²) in [6.45, 7) is 2.35. The number of anilines is 1. The van der Waals surface area contributed by atoms with Crippen molar-refractivity contribution in [3.63, 3.8) is 0 Å². The predicted octanol–water partition coefficient (Wildman–Crippen LogP) is 1.78. The number of rotatable bonds is 5. The average molecular weight is 436 g/mol. The van der Waals surface area contributed by atoms with Gasteiger partial charge in [0.05, 0.1) is 11.4 Å². The Morgan fingerprint density at radius 3 is 2.23 bits per heavy atom. The maximum Gasteiger partial charge on any atom is 0.243 e. The molecule has 0 radical (unpaired) electrons. The highest BCUT2D eigenvalue weighted by molar-refractivity contribution is 7.89. The number of hydrogen-bond donors (Lipinski definition) is 0. The third kappa shape index (κ3) is 3.75. The quantitative estimate of drug-likeness (QED) is 0.471. The van der Waals surface area contributed by atoms with Crippen molar-refractivity contribution in [2.45, 2.75) is 11.4 Å². The summed E-state index contributed by atoms with van der Waals surface area (Å²) in [4.78, 5) is 11.2. The molecule has 1 aliphatic heterocycles. The first-order valence-corrected chi connectivity index (χ1v) is 11.5. The van der Waals surface area contributed by atoms with Crippen LogP contribution in [0.1, 0.15) is 5.56 Å². The normalized spacial score (nSPS) is 15.4. The van der Waals surface area contributed by atoms with Gasteiger partial charge in [0.15, 0.2) is 17.0 Å². The number of aromatic nitrogens is 5. The molecule has 2 aromatic carbocycles. The van der Waals surface area contributed by atoms with Crippen LogP contribution in [0.25, 0.3) is 11.2 Å². The van der Waals surface area contributed by atoms with Crippen LogP contribution >= 0.6 is 0 Å². The molecular weight excluding hydrogens is 414 g/mol. The highest BCUT2D eigenvalue weighted by Crippen LogP contribution is 2.24. The SMILES string of the molecule is O=S(=O)(c1ccccc1)N1CCN(c2ncnc3c2nnn3Cc2ccccc2)CC1. The first kappa shape index (κ1) is 19.6. The Kier molecular flexibility index (Phi) is 5.08. The lowest BCUT2D eigenvalue weighted by Gasteiger charge is -2.34. The molecule has 0 bridgehead atoms. The molecular formula is C21H21N7O2S. The standard InChI is InChI=1S/C21H21N7O2S/c29-31(30,18-9-5-2-6-10-18)27-13-11-26(12-14-27)20-19-21(23-16-22-20)28(25-24-19)15-17-7-3-1-4-8-17/h1-10,16H,11-15H2. The van der Waals surface area contributed by atoms with Gasteiger partial charge in [0.2, 0.25) is 10.0 Å². The number of benzene rings is 2. The highest BCUT2D eigenvalue weighted by Gasteiger charge is 2.30. The van der Waals surface area contributed by atoms with Gasteiger partial charge in [-0.3, -0.25) is 0 Å². The third-order valence-electron chi connectivity index (χ3n) is 5.38. The van der Waals surface area contributed by atoms with Crippen molar-refractivity contribution in [1.82, 2.24) is 29.3 Å². The van der Waals surface area contributed by atoms with Crippen LogP contribution in [-0.4, -0.2) is 63.9 Å². The Morgan fingerprint density at radius 2 is 1.52 bits per heavy atom. The van der Waals surface area contributed by atoms with E-state index in [1.54, 1.807) is 28.9 Å². The van der Waals surface area contributed by atoms with Crippen molar-refractivity contribution in [1.29, 1.82) is 0 Å². The molecule has 9 nitrogen and oxygen atoms in total. The zero-order valence-electron chi connectivity index (χ0n) is 16.7. The number of nitrogens with zero attached hydrogens (tertiary/aromatic N) is 7. The molecule has 0 spiro atoms. The van der Waals surface area contributed by atoms with Crippen LogP contribution < -0.4 is 4.90 Å². The first-order chi connectivity index (χ1) is 15.1. The van der Waals surface area contributed by atoms with E-state index in [2.05, 4.69) is 20.3 Å². The molecule has 0 saturated carbocycles. The van der Waals surface area contributed by atoms with Crippen molar-refractivity contribution in [3.8, 4) is 0 Å². The minimum Gasteiger partial charge on any atom is -0.352 e. The second-order valence-electron chi connectivity index (χ2n) is 7.31. The molecule has 0 atom stereocenters. The van der Waals surface area contributed by atoms with Crippen LogP contribution in [0.3, 0.4) is 0 Å². The number of fused-ring (bicyclic) bond motifs is 1. The largest absolute Gasteiger partial charge is 0.352 e. The third-order valence-corrected chi connectivity index (χ3v) is 7.29. The van der Waals surface area contributed by atoms with E-state index in [0.29, 0.717) is 54.6 Å². The van der Waals surface area contributed by atoms with Gasteiger partial charge in [0.1, 0.15) is 6.33 Å². The van der Waals surface area contributed by atoms with Crippen LogP contribution in [0.5, 0.6) is 0 Å². The first-order valence-electron chi connectivity index (χ1n) is 10.0. The second-order valence-corrected chi connectivity index (χ2v) is 9.24. The van der Waals surface area contributed by atoms with Crippen LogP contribution in [-0.2, 0) is 16.6 Å². The summed E-state index contributed by atoms with van der Waals surface area (Å²) in [7, 11) is -3.50. The molecule has 2 aromatic heterocycles. The van der Waals surface area contributed by atoms with Gasteiger partial charge in [-0.15, -0.1) is 5.10 Å². The summed E-state index contributed by atoms with van der Waals surface area (Å²) in [6.07, 6.45) is 1.51. The Labute approximate surface area is 180 Å². The molecule has 5 rings (SSSR count). The Morgan fingerprint density at radius 1 is 0.839 bits per heavy atom. The summed E-state index contributed by atoms with van der Waals surface area (Å²) in [5, 5.41) is 8.59. The smallest absolute Gasteiger partial charge is 0.243 e. The summed E-state index contributed by atoms with van der Waals surface area (Å²) in [5.41, 5.74) is 2.39. The second kappa shape index (κ2) is 8.05. The molecule has 158 valence electrons. The van der Waals surface area contributed by atoms with Crippen molar-refractivity contribution >= 4 is 27.0 Å². The molecule has 10 heteroatoms. The fourth-order valence-electron chi connectivity index (χ4n) is 3.76. The van der Waals surface area contributed by atoms with Crippen molar-refractivity contribution in [2.24, 2.45) is 0 Å². The minimum atomic E-state index is -3.50. The number of hydrogen-bond acceptors (Lipinski definition) is 7. The van der Waals surface area contributed by atoms with Gasteiger partial charge >= 0.3 is 0 Å². The molecule has 4 aromatic rings. The van der Waals surface area contributed by atoms with Crippen molar-refractivity contribution < 1.29 is 8.42 Å². The van der Waals surface area contributed by atoms with Crippen molar-refractivity contribution in [2.75, 3.05) is 31.1 Å². The van der Waals surface area contributed by atoms with E-state index in [4.69, 9.17) is 0 Å². The van der Waals surface area contributed by atoms with Gasteiger partial charge in [-0.05, 0) is 17.7 Å². The lowest BCUT2D eigenvalue weighted by Crippen LogP contribution is -2.49. The van der Waals surface area contributed by atoms with Crippen LogP contribution in [0.15, 0.2) is 71.9 Å². The molecule has 31 heavy (non-hydrogen) atoms. The van der Waals surface area contributed by atoms with Crippen LogP contribution in [0.4, 0.5) is 5.82 Å². The summed E-state index contributed by atoms with van der Waals surface area (Å²) in [6, 6.07) is 18.5. The predicted molar refractivity (Wildman–Crippen MR) is 116 cm³/mol. The fourth-order valence-corrected chi connectivity index (χ4v) is 5.20. The monoisotopic (exact) mass is 435 g/mol. The lowest BCUT2D eigenvalue weighted by molar-refractivity contribution is 0.384. The zero-order chi connectivity index (χ0) is 21.3. The maximum absolute atomic E-state index is 12.9. The number of sulfonamides is 1. The molecule has 1 saturated heterocycles. The fraction of sp³-hybridized carbons (Fsp3) is 0.238. The molecule has 1 aliphatic rings. The molecule has 0 N–H and O–H groups in total. The lowest BCUT2D eigenvalue weighted by atomic mass is 10.2. The highest BCUT2D eigenvalue weighted by atomic mass is 32.2. The summed E-state index contributed by atoms with van der Waals surface area (Å²) >= 11 is 0. The van der Waals surface area contributed by atoms with E-state index in [1.165, 1.54) is 10.6 Å². The summed E-state index contributed by atoms with van der Waals surface area (Å²) in [5.74, 6) is 0.682. The molecule has 0 amide bonds. The molecule has 0 unspecified atom stereocenters. The van der Waals surface area contributed by atoms with E-state index in [-0.39, 0.29) is 0 Å².